The van der Waals surface area contributed by atoms with Crippen molar-refractivity contribution < 1.29 is 0 Å². The number of benzene rings is 1. The Morgan fingerprint density at radius 3 is 2.61 bits per heavy atom. The topological polar surface area (TPSA) is 58.3 Å². The van der Waals surface area contributed by atoms with E-state index in [4.69, 9.17) is 4.99 Å². The molecule has 1 aliphatic carbocycles. The Morgan fingerprint density at radius 2 is 1.96 bits per heavy atom. The SMILES string of the molecule is CCC1CN(C(=NCc2nnc(C)n2C)NC2CC2)CCC1c1ccccc1. The van der Waals surface area contributed by atoms with E-state index in [0.717, 1.165) is 30.7 Å². The average molecular weight is 381 g/mol. The van der Waals surface area contributed by atoms with E-state index in [2.05, 4.69) is 57.7 Å². The number of likely N-dealkylation sites (tertiary alicyclic amines) is 1. The van der Waals surface area contributed by atoms with Crippen LogP contribution in [0.25, 0.3) is 0 Å². The quantitative estimate of drug-likeness (QED) is 0.639. The zero-order chi connectivity index (χ0) is 19.5. The molecule has 0 bridgehead atoms. The molecule has 6 nitrogen and oxygen atoms in total. The van der Waals surface area contributed by atoms with E-state index in [1.165, 1.54) is 31.2 Å². The fourth-order valence-electron chi connectivity index (χ4n) is 4.16. The summed E-state index contributed by atoms with van der Waals surface area (Å²) >= 11 is 0. The van der Waals surface area contributed by atoms with Gasteiger partial charge in [-0.05, 0) is 43.6 Å². The number of piperidine rings is 1. The summed E-state index contributed by atoms with van der Waals surface area (Å²) in [5, 5.41) is 12.1. The fourth-order valence-corrected chi connectivity index (χ4v) is 4.16. The number of hydrogen-bond donors (Lipinski definition) is 1. The van der Waals surface area contributed by atoms with Crippen LogP contribution in [0.15, 0.2) is 35.3 Å². The summed E-state index contributed by atoms with van der Waals surface area (Å²) in [7, 11) is 2.01. The molecule has 1 aliphatic heterocycles. The van der Waals surface area contributed by atoms with E-state index in [0.29, 0.717) is 24.4 Å². The molecule has 150 valence electrons. The Morgan fingerprint density at radius 1 is 1.18 bits per heavy atom. The molecule has 28 heavy (non-hydrogen) atoms. The minimum absolute atomic E-state index is 0.571. The van der Waals surface area contributed by atoms with Crippen molar-refractivity contribution in [1.82, 2.24) is 25.0 Å². The van der Waals surface area contributed by atoms with Crippen LogP contribution in [0.5, 0.6) is 0 Å². The van der Waals surface area contributed by atoms with Gasteiger partial charge in [0, 0.05) is 26.2 Å². The zero-order valence-corrected chi connectivity index (χ0v) is 17.3. The molecule has 2 atom stereocenters. The van der Waals surface area contributed by atoms with Crippen molar-refractivity contribution in [1.29, 1.82) is 0 Å². The van der Waals surface area contributed by atoms with Crippen LogP contribution in [-0.2, 0) is 13.6 Å². The third kappa shape index (κ3) is 4.21. The highest BCUT2D eigenvalue weighted by atomic mass is 15.3. The van der Waals surface area contributed by atoms with E-state index in [9.17, 15) is 0 Å². The number of aliphatic imine (C=N–C) groups is 1. The molecule has 1 saturated carbocycles. The average Bonchev–Trinajstić information content (AvgIpc) is 3.50. The molecular formula is C22H32N6. The molecule has 0 radical (unpaired) electrons. The van der Waals surface area contributed by atoms with Crippen LogP contribution in [0.2, 0.25) is 0 Å². The van der Waals surface area contributed by atoms with Crippen LogP contribution in [0.4, 0.5) is 0 Å². The number of nitrogens with zero attached hydrogens (tertiary/aromatic N) is 5. The minimum Gasteiger partial charge on any atom is -0.353 e. The first kappa shape index (κ1) is 19.0. The van der Waals surface area contributed by atoms with Crippen molar-refractivity contribution >= 4 is 5.96 Å². The molecule has 2 fully saturated rings. The smallest absolute Gasteiger partial charge is 0.194 e. The zero-order valence-electron chi connectivity index (χ0n) is 17.3. The second-order valence-corrected chi connectivity index (χ2v) is 8.20. The van der Waals surface area contributed by atoms with Crippen LogP contribution in [0.3, 0.4) is 0 Å². The molecule has 1 aromatic carbocycles. The van der Waals surface area contributed by atoms with Gasteiger partial charge in [0.15, 0.2) is 11.8 Å². The third-order valence-corrected chi connectivity index (χ3v) is 6.25. The van der Waals surface area contributed by atoms with Gasteiger partial charge in [0.1, 0.15) is 12.4 Å². The van der Waals surface area contributed by atoms with Crippen LogP contribution in [-0.4, -0.2) is 44.8 Å². The Balaban J connectivity index is 1.49. The molecule has 0 amide bonds. The van der Waals surface area contributed by atoms with E-state index in [1.54, 1.807) is 0 Å². The van der Waals surface area contributed by atoms with Crippen LogP contribution in [0, 0.1) is 12.8 Å². The maximum atomic E-state index is 4.95. The number of rotatable bonds is 5. The van der Waals surface area contributed by atoms with Crippen molar-refractivity contribution in [3.63, 3.8) is 0 Å². The number of aryl methyl sites for hydroxylation is 1. The van der Waals surface area contributed by atoms with E-state index >= 15 is 0 Å². The van der Waals surface area contributed by atoms with Gasteiger partial charge in [-0.25, -0.2) is 4.99 Å². The number of hydrogen-bond acceptors (Lipinski definition) is 3. The lowest BCUT2D eigenvalue weighted by molar-refractivity contribution is 0.215. The molecular weight excluding hydrogens is 348 g/mol. The van der Waals surface area contributed by atoms with Crippen molar-refractivity contribution in [2.24, 2.45) is 18.0 Å². The van der Waals surface area contributed by atoms with Crippen molar-refractivity contribution in [2.75, 3.05) is 13.1 Å². The Hall–Kier alpha value is -2.37. The molecule has 2 heterocycles. The lowest BCUT2D eigenvalue weighted by Crippen LogP contribution is -2.49. The van der Waals surface area contributed by atoms with Gasteiger partial charge in [0.05, 0.1) is 0 Å². The summed E-state index contributed by atoms with van der Waals surface area (Å²) in [5.41, 5.74) is 1.48. The van der Waals surface area contributed by atoms with Gasteiger partial charge in [-0.2, -0.15) is 0 Å². The molecule has 4 rings (SSSR count). The molecule has 1 N–H and O–H groups in total. The Labute approximate surface area is 168 Å². The second kappa shape index (κ2) is 8.33. The van der Waals surface area contributed by atoms with Gasteiger partial charge >= 0.3 is 0 Å². The molecule has 2 aliphatic rings. The van der Waals surface area contributed by atoms with E-state index in [-0.39, 0.29) is 0 Å². The maximum Gasteiger partial charge on any atom is 0.194 e. The number of guanidine groups is 1. The highest BCUT2D eigenvalue weighted by molar-refractivity contribution is 5.80. The molecule has 2 unspecified atom stereocenters. The summed E-state index contributed by atoms with van der Waals surface area (Å²) in [4.78, 5) is 7.41. The Kier molecular flexibility index (Phi) is 5.64. The van der Waals surface area contributed by atoms with Crippen molar-refractivity contribution in [3.8, 4) is 0 Å². The lowest BCUT2D eigenvalue weighted by Gasteiger charge is -2.40. The van der Waals surface area contributed by atoms with Gasteiger partial charge in [-0.3, -0.25) is 0 Å². The first-order valence-electron chi connectivity index (χ1n) is 10.6. The van der Waals surface area contributed by atoms with Gasteiger partial charge in [-0.15, -0.1) is 10.2 Å². The highest BCUT2D eigenvalue weighted by Crippen LogP contribution is 2.35. The third-order valence-electron chi connectivity index (χ3n) is 6.25. The summed E-state index contributed by atoms with van der Waals surface area (Å²) in [5.74, 6) is 4.19. The maximum absolute atomic E-state index is 4.95. The Bertz CT molecular complexity index is 808. The molecule has 0 spiro atoms. The van der Waals surface area contributed by atoms with Crippen molar-refractivity contribution in [2.45, 2.75) is 58.0 Å². The minimum atomic E-state index is 0.571. The number of aromatic nitrogens is 3. The molecule has 1 saturated heterocycles. The summed E-state index contributed by atoms with van der Waals surface area (Å²) in [6.07, 6.45) is 4.87. The van der Waals surface area contributed by atoms with E-state index < -0.39 is 0 Å². The van der Waals surface area contributed by atoms with Gasteiger partial charge < -0.3 is 14.8 Å². The predicted octanol–water partition coefficient (Wildman–Crippen LogP) is 3.25. The second-order valence-electron chi connectivity index (χ2n) is 8.20. The standard InChI is InChI=1S/C22H32N6/c1-4-17-15-28(13-12-20(17)18-8-6-5-7-9-18)22(24-19-10-11-19)23-14-21-26-25-16(2)27(21)3/h5-9,17,19-20H,4,10-15H2,1-3H3,(H,23,24). The van der Waals surface area contributed by atoms with Gasteiger partial charge in [0.2, 0.25) is 0 Å². The summed E-state index contributed by atoms with van der Waals surface area (Å²) in [6.45, 7) is 6.97. The first-order valence-corrected chi connectivity index (χ1v) is 10.6. The van der Waals surface area contributed by atoms with Crippen LogP contribution < -0.4 is 5.32 Å². The predicted molar refractivity (Wildman–Crippen MR) is 112 cm³/mol. The largest absolute Gasteiger partial charge is 0.353 e. The molecule has 2 aromatic rings. The van der Waals surface area contributed by atoms with Crippen LogP contribution >= 0.6 is 0 Å². The van der Waals surface area contributed by atoms with Crippen LogP contribution in [0.1, 0.15) is 55.7 Å². The van der Waals surface area contributed by atoms with Gasteiger partial charge in [-0.1, -0.05) is 43.7 Å². The van der Waals surface area contributed by atoms with Gasteiger partial charge in [0.25, 0.3) is 0 Å². The summed E-state index contributed by atoms with van der Waals surface area (Å²) < 4.78 is 2.02. The monoisotopic (exact) mass is 380 g/mol. The van der Waals surface area contributed by atoms with Crippen molar-refractivity contribution in [3.05, 3.63) is 47.5 Å². The molecule has 1 aromatic heterocycles. The fraction of sp³-hybridized carbons (Fsp3) is 0.591. The first-order chi connectivity index (χ1) is 13.7. The molecule has 6 heteroatoms. The summed E-state index contributed by atoms with van der Waals surface area (Å²) in [6, 6.07) is 11.6. The number of nitrogens with one attached hydrogen (secondary N) is 1. The highest BCUT2D eigenvalue weighted by Gasteiger charge is 2.32. The lowest BCUT2D eigenvalue weighted by atomic mass is 9.79. The van der Waals surface area contributed by atoms with E-state index in [1.807, 2.05) is 18.5 Å². The normalized spacial score (nSPS) is 23.1.